The summed E-state index contributed by atoms with van der Waals surface area (Å²) in [4.78, 5) is 12.8. The number of nitrogens with one attached hydrogen (secondary N) is 1. The molecule has 0 spiro atoms. The quantitative estimate of drug-likeness (QED) is 0.697. The summed E-state index contributed by atoms with van der Waals surface area (Å²) in [5, 5.41) is 2.86. The van der Waals surface area contributed by atoms with Crippen LogP contribution >= 0.6 is 12.4 Å². The highest BCUT2D eigenvalue weighted by molar-refractivity contribution is 7.89. The van der Waals surface area contributed by atoms with Gasteiger partial charge >= 0.3 is 0 Å². The maximum Gasteiger partial charge on any atom is 0.242 e. The largest absolute Gasteiger partial charge is 0.378 e. The van der Waals surface area contributed by atoms with Gasteiger partial charge in [-0.25, -0.2) is 12.7 Å². The highest BCUT2D eigenvalue weighted by atomic mass is 35.5. The first-order valence-corrected chi connectivity index (χ1v) is 10.1. The number of carbonyl (C=O) groups excluding carboxylic acids is 1. The Kier molecular flexibility index (Phi) is 7.46. The maximum absolute atomic E-state index is 12.6. The van der Waals surface area contributed by atoms with Crippen molar-refractivity contribution >= 4 is 28.3 Å². The van der Waals surface area contributed by atoms with Crippen LogP contribution in [0.25, 0.3) is 0 Å². The zero-order valence-corrected chi connectivity index (χ0v) is 18.1. The van der Waals surface area contributed by atoms with Gasteiger partial charge in [-0.05, 0) is 24.6 Å². The summed E-state index contributed by atoms with van der Waals surface area (Å²) in [6.07, 6.45) is 0.457. The van der Waals surface area contributed by atoms with Gasteiger partial charge in [0.05, 0.1) is 11.0 Å². The van der Waals surface area contributed by atoms with Crippen molar-refractivity contribution < 1.29 is 17.9 Å². The summed E-state index contributed by atoms with van der Waals surface area (Å²) in [7, 11) is -0.486. The summed E-state index contributed by atoms with van der Waals surface area (Å²) in [6.45, 7) is 6.69. The second-order valence-electron chi connectivity index (χ2n) is 7.46. The predicted octanol–water partition coefficient (Wildman–Crippen LogP) is 1.51. The molecule has 0 aromatic heterocycles. The molecule has 7 nitrogen and oxygen atoms in total. The second-order valence-corrected chi connectivity index (χ2v) is 9.61. The van der Waals surface area contributed by atoms with Crippen molar-refractivity contribution in [2.24, 2.45) is 11.1 Å². The van der Waals surface area contributed by atoms with Gasteiger partial charge in [-0.1, -0.05) is 26.0 Å². The van der Waals surface area contributed by atoms with Gasteiger partial charge in [0.25, 0.3) is 0 Å². The Hall–Kier alpha value is -1.19. The molecule has 0 aliphatic heterocycles. The molecule has 1 fully saturated rings. The lowest BCUT2D eigenvalue weighted by molar-refractivity contribution is -0.170. The lowest BCUT2D eigenvalue weighted by Gasteiger charge is -2.57. The monoisotopic (exact) mass is 419 g/mol. The van der Waals surface area contributed by atoms with Crippen LogP contribution in [-0.2, 0) is 26.1 Å². The summed E-state index contributed by atoms with van der Waals surface area (Å²) in [5.41, 5.74) is 5.73. The summed E-state index contributed by atoms with van der Waals surface area (Å²) >= 11 is 0. The number of benzene rings is 1. The average molecular weight is 420 g/mol. The first-order valence-electron chi connectivity index (χ1n) is 8.67. The number of carbonyl (C=O) groups is 1. The van der Waals surface area contributed by atoms with Gasteiger partial charge < -0.3 is 15.8 Å². The van der Waals surface area contributed by atoms with Crippen molar-refractivity contribution in [3.05, 3.63) is 29.8 Å². The Bertz CT molecular complexity index is 765. The average Bonchev–Trinajstić information content (AvgIpc) is 2.59. The minimum absolute atomic E-state index is 0. The molecule has 1 amide bonds. The number of rotatable bonds is 7. The third kappa shape index (κ3) is 4.30. The van der Waals surface area contributed by atoms with Crippen LogP contribution < -0.4 is 11.1 Å². The van der Waals surface area contributed by atoms with E-state index in [2.05, 4.69) is 5.32 Å². The van der Waals surface area contributed by atoms with E-state index >= 15 is 0 Å². The number of hydrogen-bond acceptors (Lipinski definition) is 5. The Morgan fingerprint density at radius 1 is 1.30 bits per heavy atom. The van der Waals surface area contributed by atoms with E-state index < -0.39 is 21.0 Å². The van der Waals surface area contributed by atoms with Gasteiger partial charge in [0.1, 0.15) is 5.54 Å². The fourth-order valence-electron chi connectivity index (χ4n) is 3.15. The Morgan fingerprint density at radius 3 is 2.30 bits per heavy atom. The lowest BCUT2D eigenvalue weighted by Crippen LogP contribution is -2.75. The van der Waals surface area contributed by atoms with Crippen molar-refractivity contribution in [3.8, 4) is 0 Å². The van der Waals surface area contributed by atoms with Gasteiger partial charge in [-0.3, -0.25) is 4.79 Å². The third-order valence-corrected chi connectivity index (χ3v) is 7.22. The first kappa shape index (κ1) is 23.8. The molecule has 0 bridgehead atoms. The van der Waals surface area contributed by atoms with E-state index in [-0.39, 0.29) is 35.9 Å². The highest BCUT2D eigenvalue weighted by Gasteiger charge is 2.62. The minimum atomic E-state index is -3.46. The molecular weight excluding hydrogens is 390 g/mol. The van der Waals surface area contributed by atoms with Crippen molar-refractivity contribution in [3.63, 3.8) is 0 Å². The van der Waals surface area contributed by atoms with Crippen LogP contribution in [0.3, 0.4) is 0 Å². The van der Waals surface area contributed by atoms with Crippen LogP contribution in [0.4, 0.5) is 0 Å². The summed E-state index contributed by atoms with van der Waals surface area (Å²) < 4.78 is 30.9. The molecule has 9 heteroatoms. The van der Waals surface area contributed by atoms with Gasteiger partial charge in [0.15, 0.2) is 0 Å². The Labute approximate surface area is 168 Å². The molecule has 27 heavy (non-hydrogen) atoms. The van der Waals surface area contributed by atoms with Gasteiger partial charge in [0.2, 0.25) is 15.9 Å². The standard InChI is InChI=1S/C18H29N3O4S.ClH/c1-6-25-15-11-18(19,17(15,2)3)16(22)20-12-13-7-9-14(10-8-13)26(23,24)21(4)5;/h7-10,15H,6,11-12,19H2,1-5H3,(H,20,22);1H. The normalized spacial score (nSPS) is 24.0. The third-order valence-electron chi connectivity index (χ3n) is 5.39. The van der Waals surface area contributed by atoms with E-state index in [9.17, 15) is 13.2 Å². The van der Waals surface area contributed by atoms with E-state index in [1.54, 1.807) is 12.1 Å². The molecule has 0 radical (unpaired) electrons. The van der Waals surface area contributed by atoms with Crippen molar-refractivity contribution in [2.75, 3.05) is 20.7 Å². The summed E-state index contributed by atoms with van der Waals surface area (Å²) in [6, 6.07) is 6.45. The van der Waals surface area contributed by atoms with E-state index in [0.29, 0.717) is 13.0 Å². The molecule has 154 valence electrons. The van der Waals surface area contributed by atoms with Crippen LogP contribution in [0.5, 0.6) is 0 Å². The van der Waals surface area contributed by atoms with Crippen molar-refractivity contribution in [1.82, 2.24) is 9.62 Å². The molecule has 0 heterocycles. The predicted molar refractivity (Wildman–Crippen MR) is 107 cm³/mol. The van der Waals surface area contributed by atoms with Crippen LogP contribution in [-0.4, -0.2) is 51.0 Å². The van der Waals surface area contributed by atoms with E-state index in [1.165, 1.54) is 26.2 Å². The lowest BCUT2D eigenvalue weighted by atomic mass is 9.54. The van der Waals surface area contributed by atoms with Crippen molar-refractivity contribution in [2.45, 2.75) is 50.3 Å². The first-order chi connectivity index (χ1) is 12.0. The number of nitrogens with two attached hydrogens (primary N) is 1. The van der Waals surface area contributed by atoms with E-state index in [0.717, 1.165) is 9.87 Å². The Balaban J connectivity index is 0.00000364. The molecule has 0 saturated heterocycles. The fraction of sp³-hybridized carbons (Fsp3) is 0.611. The van der Waals surface area contributed by atoms with Crippen LogP contribution in [0.2, 0.25) is 0 Å². The maximum atomic E-state index is 12.6. The van der Waals surface area contributed by atoms with E-state index in [4.69, 9.17) is 10.5 Å². The molecule has 1 saturated carbocycles. The zero-order chi connectivity index (χ0) is 19.8. The van der Waals surface area contributed by atoms with Crippen LogP contribution in [0.15, 0.2) is 29.2 Å². The van der Waals surface area contributed by atoms with Gasteiger partial charge in [-0.2, -0.15) is 0 Å². The zero-order valence-electron chi connectivity index (χ0n) is 16.5. The second kappa shape index (κ2) is 8.45. The van der Waals surface area contributed by atoms with Gasteiger partial charge in [0, 0.05) is 39.1 Å². The molecule has 1 aliphatic rings. The van der Waals surface area contributed by atoms with Crippen LogP contribution in [0, 0.1) is 5.41 Å². The molecule has 1 aromatic rings. The SMILES string of the molecule is CCOC1CC(N)(C(=O)NCc2ccc(S(=O)(=O)N(C)C)cc2)C1(C)C.Cl. The Morgan fingerprint density at radius 2 is 1.85 bits per heavy atom. The molecule has 3 N–H and O–H groups in total. The molecule has 1 aliphatic carbocycles. The molecule has 2 unspecified atom stereocenters. The molecular formula is C18H30ClN3O4S. The topological polar surface area (TPSA) is 102 Å². The number of halogens is 1. The van der Waals surface area contributed by atoms with Crippen molar-refractivity contribution in [1.29, 1.82) is 0 Å². The molecule has 2 atom stereocenters. The highest BCUT2D eigenvalue weighted by Crippen LogP contribution is 2.49. The number of ether oxygens (including phenoxy) is 1. The number of nitrogens with zero attached hydrogens (tertiary/aromatic N) is 1. The van der Waals surface area contributed by atoms with Crippen LogP contribution in [0.1, 0.15) is 32.8 Å². The smallest absolute Gasteiger partial charge is 0.242 e. The minimum Gasteiger partial charge on any atom is -0.378 e. The van der Waals surface area contributed by atoms with E-state index in [1.807, 2.05) is 20.8 Å². The molecule has 2 rings (SSSR count). The number of hydrogen-bond donors (Lipinski definition) is 2. The summed E-state index contributed by atoms with van der Waals surface area (Å²) in [5.74, 6) is -0.219. The number of amides is 1. The van der Waals surface area contributed by atoms with Gasteiger partial charge in [-0.15, -0.1) is 12.4 Å². The molecule has 1 aromatic carbocycles. The fourth-order valence-corrected chi connectivity index (χ4v) is 4.05. The number of sulfonamides is 1.